The van der Waals surface area contributed by atoms with Crippen LogP contribution in [0.25, 0.3) is 0 Å². The lowest BCUT2D eigenvalue weighted by molar-refractivity contribution is 0.00656. The highest BCUT2D eigenvalue weighted by atomic mass is 19.1. The summed E-state index contributed by atoms with van der Waals surface area (Å²) < 4.78 is 31.3. The molecule has 0 aromatic heterocycles. The average Bonchev–Trinajstić information content (AvgIpc) is 2.09. The van der Waals surface area contributed by atoms with E-state index in [4.69, 9.17) is 10.5 Å². The fourth-order valence-electron chi connectivity index (χ4n) is 1.10. The summed E-state index contributed by atoms with van der Waals surface area (Å²) in [6.07, 6.45) is 0. The smallest absolute Gasteiger partial charge is 0.343 e. The van der Waals surface area contributed by atoms with Crippen molar-refractivity contribution >= 4 is 11.7 Å². The highest BCUT2D eigenvalue weighted by molar-refractivity contribution is 5.95. The van der Waals surface area contributed by atoms with Crippen LogP contribution >= 0.6 is 0 Å². The van der Waals surface area contributed by atoms with E-state index in [-0.39, 0.29) is 0 Å². The Morgan fingerprint density at radius 1 is 1.25 bits per heavy atom. The van der Waals surface area contributed by atoms with Gasteiger partial charge in [-0.25, -0.2) is 13.6 Å². The first-order chi connectivity index (χ1) is 7.22. The van der Waals surface area contributed by atoms with Crippen molar-refractivity contribution in [1.82, 2.24) is 0 Å². The summed E-state index contributed by atoms with van der Waals surface area (Å²) in [6, 6.07) is 1.70. The summed E-state index contributed by atoms with van der Waals surface area (Å²) in [4.78, 5) is 11.5. The number of hydrogen-bond donors (Lipinski definition) is 1. The van der Waals surface area contributed by atoms with Gasteiger partial charge >= 0.3 is 5.97 Å². The molecule has 0 radical (unpaired) electrons. The van der Waals surface area contributed by atoms with Crippen molar-refractivity contribution in [3.05, 3.63) is 29.3 Å². The van der Waals surface area contributed by atoms with E-state index in [1.54, 1.807) is 20.8 Å². The number of nitrogen functional groups attached to an aromatic ring is 1. The Labute approximate surface area is 92.2 Å². The molecule has 0 heterocycles. The van der Waals surface area contributed by atoms with Gasteiger partial charge in [-0.15, -0.1) is 0 Å². The van der Waals surface area contributed by atoms with Crippen LogP contribution in [0.5, 0.6) is 0 Å². The fraction of sp³-hybridized carbons (Fsp3) is 0.364. The van der Waals surface area contributed by atoms with Crippen LogP contribution in [0.4, 0.5) is 14.5 Å². The van der Waals surface area contributed by atoms with Crippen molar-refractivity contribution < 1.29 is 18.3 Å². The third kappa shape index (κ3) is 2.68. The van der Waals surface area contributed by atoms with Crippen molar-refractivity contribution in [2.24, 2.45) is 0 Å². The Bertz CT molecular complexity index is 425. The first-order valence-corrected chi connectivity index (χ1v) is 4.69. The second-order valence-electron chi connectivity index (χ2n) is 4.32. The van der Waals surface area contributed by atoms with Crippen molar-refractivity contribution in [3.63, 3.8) is 0 Å². The minimum absolute atomic E-state index is 0.533. The third-order valence-electron chi connectivity index (χ3n) is 1.74. The second kappa shape index (κ2) is 4.08. The molecule has 0 spiro atoms. The molecule has 0 aliphatic carbocycles. The van der Waals surface area contributed by atoms with Gasteiger partial charge in [-0.3, -0.25) is 0 Å². The van der Waals surface area contributed by atoms with Crippen molar-refractivity contribution in [2.45, 2.75) is 26.4 Å². The number of esters is 1. The van der Waals surface area contributed by atoms with Crippen LogP contribution in [0, 0.1) is 11.6 Å². The van der Waals surface area contributed by atoms with E-state index in [1.807, 2.05) is 0 Å². The van der Waals surface area contributed by atoms with E-state index in [1.165, 1.54) is 0 Å². The molecular weight excluding hydrogens is 216 g/mol. The molecule has 5 heteroatoms. The third-order valence-corrected chi connectivity index (χ3v) is 1.74. The van der Waals surface area contributed by atoms with Gasteiger partial charge < -0.3 is 10.5 Å². The lowest BCUT2D eigenvalue weighted by Gasteiger charge is -2.20. The number of anilines is 1. The summed E-state index contributed by atoms with van der Waals surface area (Å²) in [7, 11) is 0. The molecular formula is C11H13F2NO2. The van der Waals surface area contributed by atoms with E-state index in [0.29, 0.717) is 0 Å². The minimum Gasteiger partial charge on any atom is -0.456 e. The van der Waals surface area contributed by atoms with Gasteiger partial charge in [0.05, 0.1) is 5.69 Å². The van der Waals surface area contributed by atoms with Gasteiger partial charge in [0, 0.05) is 0 Å². The Morgan fingerprint density at radius 3 is 2.25 bits per heavy atom. The average molecular weight is 229 g/mol. The molecule has 1 rings (SSSR count). The van der Waals surface area contributed by atoms with Crippen LogP contribution in [0.2, 0.25) is 0 Å². The summed E-state index contributed by atoms with van der Waals surface area (Å²) in [5.41, 5.74) is 3.40. The van der Waals surface area contributed by atoms with Gasteiger partial charge in [0.25, 0.3) is 0 Å². The van der Waals surface area contributed by atoms with Gasteiger partial charge in [0.1, 0.15) is 22.8 Å². The molecule has 16 heavy (non-hydrogen) atoms. The number of ether oxygens (including phenoxy) is 1. The van der Waals surface area contributed by atoms with Crippen LogP contribution in [0.15, 0.2) is 12.1 Å². The maximum Gasteiger partial charge on any atom is 0.343 e. The molecule has 0 amide bonds. The number of rotatable bonds is 1. The van der Waals surface area contributed by atoms with E-state index in [0.717, 1.165) is 12.1 Å². The molecule has 0 saturated carbocycles. The number of hydrogen-bond acceptors (Lipinski definition) is 3. The number of halogens is 2. The van der Waals surface area contributed by atoms with Crippen LogP contribution in [0.1, 0.15) is 31.1 Å². The van der Waals surface area contributed by atoms with Gasteiger partial charge in [-0.05, 0) is 32.9 Å². The fourth-order valence-corrected chi connectivity index (χ4v) is 1.10. The van der Waals surface area contributed by atoms with E-state index >= 15 is 0 Å². The zero-order valence-electron chi connectivity index (χ0n) is 9.30. The Hall–Kier alpha value is -1.65. The predicted octanol–water partition coefficient (Wildman–Crippen LogP) is 2.50. The van der Waals surface area contributed by atoms with Crippen LogP contribution in [0.3, 0.4) is 0 Å². The van der Waals surface area contributed by atoms with Crippen LogP contribution in [-0.2, 0) is 4.74 Å². The van der Waals surface area contributed by atoms with E-state index < -0.39 is 34.5 Å². The molecule has 0 unspecified atom stereocenters. The SMILES string of the molecule is CC(C)(C)OC(=O)c1c(F)ccc(F)c1N. The molecule has 1 aromatic rings. The molecule has 0 aliphatic rings. The molecule has 0 saturated heterocycles. The van der Waals surface area contributed by atoms with Crippen molar-refractivity contribution in [1.29, 1.82) is 0 Å². The van der Waals surface area contributed by atoms with Crippen LogP contribution in [-0.4, -0.2) is 11.6 Å². The molecule has 88 valence electrons. The second-order valence-corrected chi connectivity index (χ2v) is 4.32. The number of nitrogens with two attached hydrogens (primary N) is 1. The maximum absolute atomic E-state index is 13.3. The Kier molecular flexibility index (Phi) is 3.16. The minimum atomic E-state index is -0.970. The Morgan fingerprint density at radius 2 is 1.75 bits per heavy atom. The van der Waals surface area contributed by atoms with Gasteiger partial charge in [0.15, 0.2) is 0 Å². The zero-order chi connectivity index (χ0) is 12.5. The quantitative estimate of drug-likeness (QED) is 0.594. The molecule has 0 aliphatic heterocycles. The van der Waals surface area contributed by atoms with E-state index in [9.17, 15) is 13.6 Å². The van der Waals surface area contributed by atoms with Crippen molar-refractivity contribution in [3.8, 4) is 0 Å². The highest BCUT2D eigenvalue weighted by Gasteiger charge is 2.24. The summed E-state index contributed by atoms with van der Waals surface area (Å²) in [5, 5.41) is 0. The summed E-state index contributed by atoms with van der Waals surface area (Å²) in [6.45, 7) is 4.87. The lowest BCUT2D eigenvalue weighted by atomic mass is 10.1. The number of carbonyl (C=O) groups is 1. The summed E-state index contributed by atoms with van der Waals surface area (Å²) >= 11 is 0. The van der Waals surface area contributed by atoms with Gasteiger partial charge in [-0.2, -0.15) is 0 Å². The zero-order valence-corrected chi connectivity index (χ0v) is 9.30. The van der Waals surface area contributed by atoms with Crippen LogP contribution < -0.4 is 5.73 Å². The molecule has 0 bridgehead atoms. The Balaban J connectivity index is 3.14. The van der Waals surface area contributed by atoms with Gasteiger partial charge in [-0.1, -0.05) is 0 Å². The molecule has 1 aromatic carbocycles. The first-order valence-electron chi connectivity index (χ1n) is 4.69. The number of benzene rings is 1. The standard InChI is InChI=1S/C11H13F2NO2/c1-11(2,3)16-10(15)8-6(12)4-5-7(13)9(8)14/h4-5H,14H2,1-3H3. The molecule has 2 N–H and O–H groups in total. The molecule has 3 nitrogen and oxygen atoms in total. The lowest BCUT2D eigenvalue weighted by Crippen LogP contribution is -2.25. The predicted molar refractivity (Wildman–Crippen MR) is 55.9 cm³/mol. The van der Waals surface area contributed by atoms with Gasteiger partial charge in [0.2, 0.25) is 0 Å². The normalized spacial score (nSPS) is 11.3. The highest BCUT2D eigenvalue weighted by Crippen LogP contribution is 2.22. The topological polar surface area (TPSA) is 52.3 Å². The molecule has 0 fully saturated rings. The maximum atomic E-state index is 13.3. The number of carbonyl (C=O) groups excluding carboxylic acids is 1. The first kappa shape index (κ1) is 12.4. The monoisotopic (exact) mass is 229 g/mol. The van der Waals surface area contributed by atoms with E-state index in [2.05, 4.69) is 0 Å². The summed E-state index contributed by atoms with van der Waals surface area (Å²) in [5.74, 6) is -2.71. The molecule has 0 atom stereocenters. The van der Waals surface area contributed by atoms with Crippen molar-refractivity contribution in [2.75, 3.05) is 5.73 Å². The largest absolute Gasteiger partial charge is 0.456 e.